The molecule has 0 saturated heterocycles. The summed E-state index contributed by atoms with van der Waals surface area (Å²) in [7, 11) is 1.87. The van der Waals surface area contributed by atoms with Crippen molar-refractivity contribution >= 4 is 21.8 Å². The van der Waals surface area contributed by atoms with Gasteiger partial charge in [0, 0.05) is 17.6 Å². The number of aryl methyl sites for hydroxylation is 1. The van der Waals surface area contributed by atoms with Gasteiger partial charge in [0.2, 0.25) is 0 Å². The molecule has 2 nitrogen and oxygen atoms in total. The number of halogens is 1. The molecule has 0 N–H and O–H groups in total. The molecular weight excluding hydrogens is 278 g/mol. The quantitative estimate of drug-likeness (QED) is 0.822. The maximum Gasteiger partial charge on any atom is 0.254 e. The van der Waals surface area contributed by atoms with Crippen LogP contribution in [-0.4, -0.2) is 23.9 Å². The lowest BCUT2D eigenvalue weighted by Crippen LogP contribution is -2.35. The molecule has 94 valence electrons. The number of carbonyl (C=O) groups is 1. The Hall–Kier alpha value is -0.830. The van der Waals surface area contributed by atoms with Crippen LogP contribution in [0.3, 0.4) is 0 Å². The van der Waals surface area contributed by atoms with Gasteiger partial charge in [0.05, 0.1) is 5.56 Å². The maximum atomic E-state index is 12.3. The standard InChI is InChI=1S/C14H20BrNO/c1-5-6-11(3)16(4)14(17)12-9-10(2)7-8-13(12)15/h7-9,11H,5-6H2,1-4H3. The molecule has 1 unspecified atom stereocenters. The van der Waals surface area contributed by atoms with E-state index in [4.69, 9.17) is 0 Å². The van der Waals surface area contributed by atoms with Crippen LogP contribution in [0.5, 0.6) is 0 Å². The minimum atomic E-state index is 0.0847. The lowest BCUT2D eigenvalue weighted by atomic mass is 10.1. The van der Waals surface area contributed by atoms with Crippen molar-refractivity contribution in [2.75, 3.05) is 7.05 Å². The Bertz CT molecular complexity index is 403. The van der Waals surface area contributed by atoms with E-state index in [9.17, 15) is 4.79 Å². The molecule has 0 aromatic heterocycles. The second-order valence-corrected chi connectivity index (χ2v) is 5.39. The van der Waals surface area contributed by atoms with Crippen molar-refractivity contribution in [3.8, 4) is 0 Å². The van der Waals surface area contributed by atoms with E-state index in [0.29, 0.717) is 0 Å². The molecule has 0 saturated carbocycles. The zero-order valence-corrected chi connectivity index (χ0v) is 12.5. The third kappa shape index (κ3) is 3.56. The summed E-state index contributed by atoms with van der Waals surface area (Å²) in [5.74, 6) is 0.0847. The Morgan fingerprint density at radius 1 is 1.47 bits per heavy atom. The van der Waals surface area contributed by atoms with Gasteiger partial charge in [0.1, 0.15) is 0 Å². The van der Waals surface area contributed by atoms with E-state index in [1.54, 1.807) is 0 Å². The van der Waals surface area contributed by atoms with Crippen molar-refractivity contribution in [3.63, 3.8) is 0 Å². The normalized spacial score (nSPS) is 12.3. The van der Waals surface area contributed by atoms with Gasteiger partial charge >= 0.3 is 0 Å². The van der Waals surface area contributed by atoms with Crippen LogP contribution in [0.25, 0.3) is 0 Å². The van der Waals surface area contributed by atoms with Crippen molar-refractivity contribution in [1.29, 1.82) is 0 Å². The molecule has 0 radical (unpaired) electrons. The van der Waals surface area contributed by atoms with E-state index in [2.05, 4.69) is 29.8 Å². The maximum absolute atomic E-state index is 12.3. The summed E-state index contributed by atoms with van der Waals surface area (Å²) in [6, 6.07) is 6.14. The van der Waals surface area contributed by atoms with Gasteiger partial charge in [-0.15, -0.1) is 0 Å². The molecule has 0 aliphatic heterocycles. The lowest BCUT2D eigenvalue weighted by molar-refractivity contribution is 0.0735. The molecule has 1 rings (SSSR count). The first-order valence-electron chi connectivity index (χ1n) is 6.00. The molecule has 1 amide bonds. The lowest BCUT2D eigenvalue weighted by Gasteiger charge is -2.25. The third-order valence-corrected chi connectivity index (χ3v) is 3.73. The molecule has 1 atom stereocenters. The third-order valence-electron chi connectivity index (χ3n) is 3.04. The molecule has 0 aliphatic carbocycles. The Morgan fingerprint density at radius 3 is 2.71 bits per heavy atom. The zero-order chi connectivity index (χ0) is 13.0. The Labute approximate surface area is 112 Å². The van der Waals surface area contributed by atoms with Gasteiger partial charge in [-0.25, -0.2) is 0 Å². The number of rotatable bonds is 4. The smallest absolute Gasteiger partial charge is 0.254 e. The number of carbonyl (C=O) groups excluding carboxylic acids is 1. The highest BCUT2D eigenvalue weighted by molar-refractivity contribution is 9.10. The van der Waals surface area contributed by atoms with Crippen LogP contribution in [0.2, 0.25) is 0 Å². The molecule has 1 aromatic carbocycles. The Kier molecular flexibility index (Phi) is 5.19. The number of hydrogen-bond acceptors (Lipinski definition) is 1. The minimum Gasteiger partial charge on any atom is -0.339 e. The summed E-state index contributed by atoms with van der Waals surface area (Å²) >= 11 is 3.44. The highest BCUT2D eigenvalue weighted by Gasteiger charge is 2.18. The van der Waals surface area contributed by atoms with Crippen molar-refractivity contribution in [1.82, 2.24) is 4.90 Å². The first-order chi connectivity index (χ1) is 7.97. The minimum absolute atomic E-state index is 0.0847. The number of hydrogen-bond donors (Lipinski definition) is 0. The fourth-order valence-corrected chi connectivity index (χ4v) is 2.22. The van der Waals surface area contributed by atoms with Crippen LogP contribution in [-0.2, 0) is 0 Å². The van der Waals surface area contributed by atoms with Crippen LogP contribution in [0.15, 0.2) is 22.7 Å². The summed E-state index contributed by atoms with van der Waals surface area (Å²) in [4.78, 5) is 14.2. The van der Waals surface area contributed by atoms with Gasteiger partial charge < -0.3 is 4.90 Å². The number of nitrogens with zero attached hydrogens (tertiary/aromatic N) is 1. The predicted octanol–water partition coefficient (Wildman–Crippen LogP) is 4.02. The van der Waals surface area contributed by atoms with Crippen LogP contribution in [0.1, 0.15) is 42.6 Å². The molecule has 17 heavy (non-hydrogen) atoms. The molecule has 3 heteroatoms. The molecule has 0 heterocycles. The number of amides is 1. The zero-order valence-electron chi connectivity index (χ0n) is 11.0. The van der Waals surface area contributed by atoms with Gasteiger partial charge in [-0.05, 0) is 48.3 Å². The van der Waals surface area contributed by atoms with Crippen molar-refractivity contribution in [2.24, 2.45) is 0 Å². The van der Waals surface area contributed by atoms with Crippen molar-refractivity contribution < 1.29 is 4.79 Å². The van der Waals surface area contributed by atoms with Gasteiger partial charge in [0.25, 0.3) is 5.91 Å². The average molecular weight is 298 g/mol. The topological polar surface area (TPSA) is 20.3 Å². The summed E-state index contributed by atoms with van der Waals surface area (Å²) in [5, 5.41) is 0. The molecule has 1 aromatic rings. The fourth-order valence-electron chi connectivity index (χ4n) is 1.80. The van der Waals surface area contributed by atoms with E-state index in [1.807, 2.05) is 37.1 Å². The van der Waals surface area contributed by atoms with Gasteiger partial charge in [-0.1, -0.05) is 25.0 Å². The van der Waals surface area contributed by atoms with Crippen LogP contribution >= 0.6 is 15.9 Å². The number of benzene rings is 1. The summed E-state index contributed by atoms with van der Waals surface area (Å²) < 4.78 is 0.864. The van der Waals surface area contributed by atoms with E-state index in [1.165, 1.54) is 0 Å². The molecule has 0 spiro atoms. The average Bonchev–Trinajstić information content (AvgIpc) is 2.30. The largest absolute Gasteiger partial charge is 0.339 e. The summed E-state index contributed by atoms with van der Waals surface area (Å²) in [5.41, 5.74) is 1.85. The van der Waals surface area contributed by atoms with Crippen LogP contribution < -0.4 is 0 Å². The summed E-state index contributed by atoms with van der Waals surface area (Å²) in [6.45, 7) is 6.22. The highest BCUT2D eigenvalue weighted by atomic mass is 79.9. The van der Waals surface area contributed by atoms with E-state index < -0.39 is 0 Å². The molecule has 0 fully saturated rings. The van der Waals surface area contributed by atoms with Crippen LogP contribution in [0.4, 0.5) is 0 Å². The SMILES string of the molecule is CCCC(C)N(C)C(=O)c1cc(C)ccc1Br. The molecule has 0 aliphatic rings. The Morgan fingerprint density at radius 2 is 2.12 bits per heavy atom. The fraction of sp³-hybridized carbons (Fsp3) is 0.500. The summed E-state index contributed by atoms with van der Waals surface area (Å²) in [6.07, 6.45) is 2.12. The second-order valence-electron chi connectivity index (χ2n) is 4.54. The van der Waals surface area contributed by atoms with Crippen molar-refractivity contribution in [2.45, 2.75) is 39.7 Å². The van der Waals surface area contributed by atoms with Gasteiger partial charge in [-0.2, -0.15) is 0 Å². The first-order valence-corrected chi connectivity index (χ1v) is 6.80. The van der Waals surface area contributed by atoms with Crippen molar-refractivity contribution in [3.05, 3.63) is 33.8 Å². The van der Waals surface area contributed by atoms with E-state index in [0.717, 1.165) is 28.4 Å². The van der Waals surface area contributed by atoms with Crippen LogP contribution in [0, 0.1) is 6.92 Å². The predicted molar refractivity (Wildman–Crippen MR) is 75.3 cm³/mol. The molecule has 0 bridgehead atoms. The molecular formula is C14H20BrNO. The highest BCUT2D eigenvalue weighted by Crippen LogP contribution is 2.20. The second kappa shape index (κ2) is 6.20. The monoisotopic (exact) mass is 297 g/mol. The Balaban J connectivity index is 2.92. The van der Waals surface area contributed by atoms with E-state index >= 15 is 0 Å². The van der Waals surface area contributed by atoms with Gasteiger partial charge in [-0.3, -0.25) is 4.79 Å². The first kappa shape index (κ1) is 14.2. The van der Waals surface area contributed by atoms with Gasteiger partial charge in [0.15, 0.2) is 0 Å². The van der Waals surface area contributed by atoms with E-state index in [-0.39, 0.29) is 11.9 Å².